The first kappa shape index (κ1) is 24.1. The number of fused-ring (bicyclic) bond motifs is 1. The number of aliphatic imine (C=N–C) groups is 1. The number of anilines is 1. The summed E-state index contributed by atoms with van der Waals surface area (Å²) < 4.78 is 27.4. The van der Waals surface area contributed by atoms with Gasteiger partial charge in [0.25, 0.3) is 10.0 Å². The number of amidine groups is 1. The highest BCUT2D eigenvalue weighted by atomic mass is 32.2. The van der Waals surface area contributed by atoms with Gasteiger partial charge in [0.1, 0.15) is 23.5 Å². The van der Waals surface area contributed by atoms with E-state index in [2.05, 4.69) is 33.4 Å². The normalized spacial score (nSPS) is 19.4. The SMILES string of the molecule is Cc1cc(N2CCN(C(=O)[C@@H](N=C3NS(=O)(=O)c4ccccc43)C(C)C)CC2)nc(C(C)C)n1. The average Bonchev–Trinajstić information content (AvgIpc) is 3.06. The van der Waals surface area contributed by atoms with E-state index in [0.717, 1.165) is 17.3 Å². The van der Waals surface area contributed by atoms with E-state index in [1.165, 1.54) is 0 Å². The van der Waals surface area contributed by atoms with E-state index in [4.69, 9.17) is 4.98 Å². The lowest BCUT2D eigenvalue weighted by atomic mass is 10.0. The van der Waals surface area contributed by atoms with Crippen LogP contribution in [-0.4, -0.2) is 67.2 Å². The predicted molar refractivity (Wildman–Crippen MR) is 132 cm³/mol. The van der Waals surface area contributed by atoms with Gasteiger partial charge in [-0.05, 0) is 25.0 Å². The van der Waals surface area contributed by atoms with Gasteiger partial charge in [-0.3, -0.25) is 14.5 Å². The summed E-state index contributed by atoms with van der Waals surface area (Å²) in [7, 11) is -3.65. The molecule has 0 bridgehead atoms. The van der Waals surface area contributed by atoms with E-state index in [0.29, 0.717) is 31.7 Å². The van der Waals surface area contributed by atoms with Crippen molar-refractivity contribution < 1.29 is 13.2 Å². The first-order valence-electron chi connectivity index (χ1n) is 11.7. The van der Waals surface area contributed by atoms with Crippen molar-refractivity contribution >= 4 is 27.6 Å². The zero-order chi connectivity index (χ0) is 24.6. The molecule has 0 aliphatic carbocycles. The molecule has 2 aromatic rings. The third-order valence-electron chi connectivity index (χ3n) is 6.11. The Morgan fingerprint density at radius 2 is 1.74 bits per heavy atom. The molecule has 0 spiro atoms. The largest absolute Gasteiger partial charge is 0.353 e. The smallest absolute Gasteiger partial charge is 0.263 e. The second-order valence-corrected chi connectivity index (χ2v) is 11.1. The van der Waals surface area contributed by atoms with Crippen molar-refractivity contribution in [1.29, 1.82) is 0 Å². The van der Waals surface area contributed by atoms with Crippen molar-refractivity contribution in [3.63, 3.8) is 0 Å². The number of carbonyl (C=O) groups is 1. The Morgan fingerprint density at radius 3 is 2.38 bits per heavy atom. The lowest BCUT2D eigenvalue weighted by molar-refractivity contribution is -0.133. The molecule has 2 aliphatic rings. The van der Waals surface area contributed by atoms with Crippen molar-refractivity contribution in [2.75, 3.05) is 31.1 Å². The minimum absolute atomic E-state index is 0.0894. The minimum atomic E-state index is -3.65. The number of carbonyl (C=O) groups excluding carboxylic acids is 1. The fourth-order valence-electron chi connectivity index (χ4n) is 4.20. The third-order valence-corrected chi connectivity index (χ3v) is 7.50. The maximum Gasteiger partial charge on any atom is 0.263 e. The van der Waals surface area contributed by atoms with Crippen LogP contribution in [-0.2, 0) is 14.8 Å². The summed E-state index contributed by atoms with van der Waals surface area (Å²) in [6, 6.07) is 8.00. The number of nitrogens with one attached hydrogen (secondary N) is 1. The molecule has 0 unspecified atom stereocenters. The van der Waals surface area contributed by atoms with E-state index in [-0.39, 0.29) is 28.5 Å². The quantitative estimate of drug-likeness (QED) is 0.698. The van der Waals surface area contributed by atoms with Crippen LogP contribution < -0.4 is 9.62 Å². The molecule has 2 aliphatic heterocycles. The molecule has 9 nitrogen and oxygen atoms in total. The van der Waals surface area contributed by atoms with Gasteiger partial charge >= 0.3 is 0 Å². The highest BCUT2D eigenvalue weighted by molar-refractivity contribution is 7.90. The average molecular weight is 485 g/mol. The van der Waals surface area contributed by atoms with Gasteiger partial charge in [-0.25, -0.2) is 18.4 Å². The molecule has 1 atom stereocenters. The lowest BCUT2D eigenvalue weighted by Crippen LogP contribution is -2.52. The van der Waals surface area contributed by atoms with E-state index in [9.17, 15) is 13.2 Å². The zero-order valence-corrected chi connectivity index (χ0v) is 21.1. The standard InChI is InChI=1S/C24H32N6O3S/c1-15(2)21(27-23-18-8-6-7-9-19(18)34(32,33)28-23)24(31)30-12-10-29(11-13-30)20-14-17(5)25-22(26-20)16(3)4/h6-9,14-16,21H,10-13H2,1-5H3,(H,27,28)/t21-/m0/s1. The fraction of sp³-hybridized carbons (Fsp3) is 0.500. The number of rotatable bonds is 5. The van der Waals surface area contributed by atoms with Gasteiger partial charge in [0.2, 0.25) is 5.91 Å². The molecule has 182 valence electrons. The highest BCUT2D eigenvalue weighted by Crippen LogP contribution is 2.24. The van der Waals surface area contributed by atoms with Crippen molar-refractivity contribution in [2.24, 2.45) is 10.9 Å². The Bertz CT molecular complexity index is 1220. The number of benzene rings is 1. The second kappa shape index (κ2) is 9.32. The van der Waals surface area contributed by atoms with Crippen LogP contribution in [0.2, 0.25) is 0 Å². The molecule has 4 rings (SSSR count). The molecule has 1 aromatic heterocycles. The van der Waals surface area contributed by atoms with E-state index in [1.54, 1.807) is 24.3 Å². The molecule has 0 radical (unpaired) electrons. The number of aromatic nitrogens is 2. The van der Waals surface area contributed by atoms with Crippen molar-refractivity contribution in [3.05, 3.63) is 47.4 Å². The van der Waals surface area contributed by atoms with Crippen LogP contribution >= 0.6 is 0 Å². The van der Waals surface area contributed by atoms with Crippen LogP contribution in [0.4, 0.5) is 5.82 Å². The Kier molecular flexibility index (Phi) is 6.62. The van der Waals surface area contributed by atoms with Crippen molar-refractivity contribution in [2.45, 2.75) is 51.5 Å². The monoisotopic (exact) mass is 484 g/mol. The first-order chi connectivity index (χ1) is 16.1. The Morgan fingerprint density at radius 1 is 1.06 bits per heavy atom. The van der Waals surface area contributed by atoms with Crippen LogP contribution in [0.1, 0.15) is 50.7 Å². The summed E-state index contributed by atoms with van der Waals surface area (Å²) in [5.41, 5.74) is 1.44. The molecule has 10 heteroatoms. The number of hydrogen-bond donors (Lipinski definition) is 1. The summed E-state index contributed by atoms with van der Waals surface area (Å²) in [5, 5.41) is 0. The molecule has 1 saturated heterocycles. The number of nitrogens with zero attached hydrogens (tertiary/aromatic N) is 5. The fourth-order valence-corrected chi connectivity index (χ4v) is 5.43. The Hall–Kier alpha value is -3.01. The van der Waals surface area contributed by atoms with Gasteiger partial charge in [-0.2, -0.15) is 0 Å². The van der Waals surface area contributed by atoms with Gasteiger partial charge in [-0.1, -0.05) is 39.8 Å². The summed E-state index contributed by atoms with van der Waals surface area (Å²) in [5.74, 6) is 2.01. The van der Waals surface area contributed by atoms with Crippen LogP contribution in [0.5, 0.6) is 0 Å². The van der Waals surface area contributed by atoms with Gasteiger partial charge in [0, 0.05) is 49.4 Å². The van der Waals surface area contributed by atoms with E-state index < -0.39 is 16.1 Å². The topological polar surface area (TPSA) is 108 Å². The van der Waals surface area contributed by atoms with Crippen LogP contribution in [0.15, 0.2) is 40.2 Å². The van der Waals surface area contributed by atoms with Crippen LogP contribution in [0.3, 0.4) is 0 Å². The zero-order valence-electron chi connectivity index (χ0n) is 20.3. The van der Waals surface area contributed by atoms with Crippen molar-refractivity contribution in [1.82, 2.24) is 19.6 Å². The molecule has 0 saturated carbocycles. The summed E-state index contributed by atoms with van der Waals surface area (Å²) >= 11 is 0. The number of piperazine rings is 1. The third kappa shape index (κ3) is 4.77. The first-order valence-corrected chi connectivity index (χ1v) is 13.1. The number of sulfonamides is 1. The van der Waals surface area contributed by atoms with Gasteiger partial charge in [-0.15, -0.1) is 0 Å². The van der Waals surface area contributed by atoms with Crippen LogP contribution in [0.25, 0.3) is 0 Å². The number of amides is 1. The van der Waals surface area contributed by atoms with Crippen LogP contribution in [0, 0.1) is 12.8 Å². The predicted octanol–water partition coefficient (Wildman–Crippen LogP) is 2.32. The minimum Gasteiger partial charge on any atom is -0.353 e. The Labute approximate surface area is 201 Å². The molecule has 1 fully saturated rings. The number of aryl methyl sites for hydroxylation is 1. The molecular formula is C24H32N6O3S. The molecular weight excluding hydrogens is 452 g/mol. The Balaban J connectivity index is 1.50. The van der Waals surface area contributed by atoms with E-state index in [1.807, 2.05) is 31.7 Å². The molecule has 3 heterocycles. The number of hydrogen-bond acceptors (Lipinski definition) is 7. The lowest BCUT2D eigenvalue weighted by Gasteiger charge is -2.37. The van der Waals surface area contributed by atoms with Gasteiger partial charge in [0.15, 0.2) is 0 Å². The van der Waals surface area contributed by atoms with Crippen molar-refractivity contribution in [3.8, 4) is 0 Å². The highest BCUT2D eigenvalue weighted by Gasteiger charge is 2.34. The molecule has 1 aromatic carbocycles. The maximum atomic E-state index is 13.4. The van der Waals surface area contributed by atoms with E-state index >= 15 is 0 Å². The summed E-state index contributed by atoms with van der Waals surface area (Å²) in [4.78, 5) is 31.5. The molecule has 34 heavy (non-hydrogen) atoms. The molecule has 1 amide bonds. The molecule has 1 N–H and O–H groups in total. The maximum absolute atomic E-state index is 13.4. The van der Waals surface area contributed by atoms with Gasteiger partial charge < -0.3 is 9.80 Å². The summed E-state index contributed by atoms with van der Waals surface area (Å²) in [6.07, 6.45) is 0. The second-order valence-electron chi connectivity index (χ2n) is 9.46. The summed E-state index contributed by atoms with van der Waals surface area (Å²) in [6.45, 7) is 12.4. The van der Waals surface area contributed by atoms with Gasteiger partial charge in [0.05, 0.1) is 4.90 Å².